The topological polar surface area (TPSA) is 75.7 Å². The van der Waals surface area contributed by atoms with Crippen molar-refractivity contribution in [3.63, 3.8) is 0 Å². The largest absolute Gasteiger partial charge is 0.466 e. The van der Waals surface area contributed by atoms with E-state index in [-0.39, 0.29) is 29.6 Å². The fourth-order valence-electron chi connectivity index (χ4n) is 7.31. The van der Waals surface area contributed by atoms with Gasteiger partial charge in [-0.2, -0.15) is 0 Å². The number of fused-ring (bicyclic) bond motifs is 2. The maximum atomic E-state index is 13.8. The van der Waals surface area contributed by atoms with Crippen molar-refractivity contribution in [1.82, 2.24) is 4.90 Å². The van der Waals surface area contributed by atoms with E-state index in [1.807, 2.05) is 34.6 Å². The van der Waals surface area contributed by atoms with Crippen LogP contribution < -0.4 is 0 Å². The van der Waals surface area contributed by atoms with Crippen molar-refractivity contribution in [2.24, 2.45) is 11.3 Å². The lowest BCUT2D eigenvalue weighted by Crippen LogP contribution is -2.58. The molecule has 4 heterocycles. The van der Waals surface area contributed by atoms with Gasteiger partial charge in [0.1, 0.15) is 12.2 Å². The minimum absolute atomic E-state index is 0.153. The molecular formula is C24H39NO7. The van der Waals surface area contributed by atoms with Gasteiger partial charge in [0.15, 0.2) is 17.9 Å². The van der Waals surface area contributed by atoms with Crippen LogP contribution in [0.25, 0.3) is 0 Å². The highest BCUT2D eigenvalue weighted by molar-refractivity contribution is 5.76. The maximum Gasteiger partial charge on any atom is 0.311 e. The van der Waals surface area contributed by atoms with Crippen molar-refractivity contribution >= 4 is 5.97 Å². The number of hydrogen-bond donors (Lipinski definition) is 0. The van der Waals surface area contributed by atoms with Crippen molar-refractivity contribution in [3.8, 4) is 0 Å². The Bertz CT molecular complexity index is 749. The second kappa shape index (κ2) is 7.62. The molecule has 0 unspecified atom stereocenters. The Hall–Kier alpha value is -0.770. The summed E-state index contributed by atoms with van der Waals surface area (Å²) in [4.78, 5) is 16.2. The Morgan fingerprint density at radius 1 is 1.00 bits per heavy atom. The molecule has 8 heteroatoms. The van der Waals surface area contributed by atoms with Crippen LogP contribution in [0.3, 0.4) is 0 Å². The summed E-state index contributed by atoms with van der Waals surface area (Å²) in [7, 11) is 2.15. The Morgan fingerprint density at radius 2 is 1.72 bits per heavy atom. The van der Waals surface area contributed by atoms with Crippen LogP contribution in [-0.2, 0) is 33.2 Å². The van der Waals surface area contributed by atoms with Crippen molar-refractivity contribution in [2.45, 2.75) is 108 Å². The van der Waals surface area contributed by atoms with E-state index >= 15 is 0 Å². The number of likely N-dealkylation sites (tertiary alicyclic amines) is 1. The smallest absolute Gasteiger partial charge is 0.311 e. The molecule has 0 aromatic rings. The lowest BCUT2D eigenvalue weighted by Gasteiger charge is -2.46. The molecule has 8 nitrogen and oxygen atoms in total. The van der Waals surface area contributed by atoms with E-state index in [1.165, 1.54) is 6.42 Å². The molecular weight excluding hydrogens is 414 g/mol. The second-order valence-corrected chi connectivity index (χ2v) is 11.2. The Labute approximate surface area is 191 Å². The molecule has 5 aliphatic rings. The molecule has 0 bridgehead atoms. The summed E-state index contributed by atoms with van der Waals surface area (Å²) in [5.74, 6) is -2.01. The van der Waals surface area contributed by atoms with E-state index < -0.39 is 29.4 Å². The number of esters is 1. The van der Waals surface area contributed by atoms with Crippen LogP contribution in [0.1, 0.15) is 66.7 Å². The van der Waals surface area contributed by atoms with Gasteiger partial charge < -0.3 is 28.4 Å². The average Bonchev–Trinajstić information content (AvgIpc) is 3.37. The highest BCUT2D eigenvalue weighted by Gasteiger charge is 2.77. The number of ether oxygens (including phenoxy) is 6. The summed E-state index contributed by atoms with van der Waals surface area (Å²) in [6.45, 7) is 10.9. The number of carbonyl (C=O) groups excluding carboxylic acids is 1. The van der Waals surface area contributed by atoms with Gasteiger partial charge in [-0.1, -0.05) is 19.3 Å². The average molecular weight is 454 g/mol. The van der Waals surface area contributed by atoms with Gasteiger partial charge in [0.05, 0.1) is 30.7 Å². The summed E-state index contributed by atoms with van der Waals surface area (Å²) >= 11 is 0. The Kier molecular flexibility index (Phi) is 5.47. The van der Waals surface area contributed by atoms with Crippen LogP contribution in [0.15, 0.2) is 0 Å². The summed E-state index contributed by atoms with van der Waals surface area (Å²) in [5, 5.41) is 0. The van der Waals surface area contributed by atoms with Crippen LogP contribution in [-0.4, -0.2) is 79.4 Å². The zero-order valence-electron chi connectivity index (χ0n) is 20.3. The standard InChI is InChI=1S/C24H39NO7/c1-7-27-19(26)16-23(11-9-8-10-12-23)25(6)14-24(16)17(15-13-28-21(2,3)30-15)29-20-18(24)31-22(4,5)32-20/h15-18,20H,7-14H2,1-6H3/t15-,16+,17+,18-,20+,24-/m0/s1. The number of nitrogens with zero attached hydrogens (tertiary/aromatic N) is 1. The van der Waals surface area contributed by atoms with Gasteiger partial charge in [-0.3, -0.25) is 9.69 Å². The van der Waals surface area contributed by atoms with Gasteiger partial charge in [0.25, 0.3) is 0 Å². The highest BCUT2D eigenvalue weighted by atomic mass is 16.8. The zero-order valence-corrected chi connectivity index (χ0v) is 20.3. The fraction of sp³-hybridized carbons (Fsp3) is 0.958. The molecule has 4 saturated heterocycles. The van der Waals surface area contributed by atoms with Crippen molar-refractivity contribution in [3.05, 3.63) is 0 Å². The molecule has 1 aliphatic carbocycles. The normalized spacial score (nSPS) is 44.4. The first-order chi connectivity index (χ1) is 15.0. The third-order valence-electron chi connectivity index (χ3n) is 8.35. The minimum atomic E-state index is -0.778. The summed E-state index contributed by atoms with van der Waals surface area (Å²) < 4.78 is 37.3. The Balaban J connectivity index is 1.62. The lowest BCUT2D eigenvalue weighted by atomic mass is 9.60. The lowest BCUT2D eigenvalue weighted by molar-refractivity contribution is -0.241. The summed E-state index contributed by atoms with van der Waals surface area (Å²) in [5.41, 5.74) is -0.919. The quantitative estimate of drug-likeness (QED) is 0.604. The van der Waals surface area contributed by atoms with Gasteiger partial charge >= 0.3 is 5.97 Å². The molecule has 0 N–H and O–H groups in total. The summed E-state index contributed by atoms with van der Waals surface area (Å²) in [6.07, 6.45) is 3.71. The van der Waals surface area contributed by atoms with E-state index in [0.717, 1.165) is 25.7 Å². The van der Waals surface area contributed by atoms with Gasteiger partial charge in [-0.25, -0.2) is 0 Å². The zero-order chi connectivity index (χ0) is 22.9. The minimum Gasteiger partial charge on any atom is -0.466 e. The first kappa shape index (κ1) is 23.0. The predicted molar refractivity (Wildman–Crippen MR) is 115 cm³/mol. The highest BCUT2D eigenvalue weighted by Crippen LogP contribution is 2.63. The van der Waals surface area contributed by atoms with Crippen LogP contribution in [0.2, 0.25) is 0 Å². The molecule has 0 radical (unpaired) electrons. The third-order valence-corrected chi connectivity index (χ3v) is 8.35. The molecule has 32 heavy (non-hydrogen) atoms. The van der Waals surface area contributed by atoms with E-state index in [2.05, 4.69) is 11.9 Å². The Morgan fingerprint density at radius 3 is 2.34 bits per heavy atom. The van der Waals surface area contributed by atoms with Crippen molar-refractivity contribution in [1.29, 1.82) is 0 Å². The van der Waals surface area contributed by atoms with Gasteiger partial charge in [-0.15, -0.1) is 0 Å². The van der Waals surface area contributed by atoms with Crippen LogP contribution in [0.5, 0.6) is 0 Å². The van der Waals surface area contributed by atoms with Gasteiger partial charge in [0, 0.05) is 12.1 Å². The van der Waals surface area contributed by atoms with E-state index in [9.17, 15) is 4.79 Å². The first-order valence-corrected chi connectivity index (χ1v) is 12.3. The molecule has 1 saturated carbocycles. The van der Waals surface area contributed by atoms with E-state index in [0.29, 0.717) is 19.8 Å². The number of rotatable bonds is 3. The third kappa shape index (κ3) is 3.28. The van der Waals surface area contributed by atoms with Crippen LogP contribution >= 0.6 is 0 Å². The molecule has 0 amide bonds. The van der Waals surface area contributed by atoms with Crippen molar-refractivity contribution in [2.75, 3.05) is 26.8 Å². The number of hydrogen-bond acceptors (Lipinski definition) is 8. The molecule has 0 aromatic heterocycles. The second-order valence-electron chi connectivity index (χ2n) is 11.2. The number of carbonyl (C=O) groups is 1. The van der Waals surface area contributed by atoms with Gasteiger partial charge in [0.2, 0.25) is 0 Å². The van der Waals surface area contributed by atoms with E-state index in [1.54, 1.807) is 0 Å². The summed E-state index contributed by atoms with van der Waals surface area (Å²) in [6, 6.07) is 0. The molecule has 182 valence electrons. The molecule has 5 fully saturated rings. The fourth-order valence-corrected chi connectivity index (χ4v) is 7.31. The first-order valence-electron chi connectivity index (χ1n) is 12.3. The van der Waals surface area contributed by atoms with Gasteiger partial charge in [-0.05, 0) is 54.5 Å². The molecule has 0 aromatic carbocycles. The van der Waals surface area contributed by atoms with Crippen LogP contribution in [0.4, 0.5) is 0 Å². The van der Waals surface area contributed by atoms with Crippen molar-refractivity contribution < 1.29 is 33.2 Å². The van der Waals surface area contributed by atoms with Crippen LogP contribution in [0, 0.1) is 11.3 Å². The molecule has 4 aliphatic heterocycles. The maximum absolute atomic E-state index is 13.8. The van der Waals surface area contributed by atoms with E-state index in [4.69, 9.17) is 28.4 Å². The SMILES string of the molecule is CCOC(=O)[C@@H]1C2(CCCCC2)N(C)C[C@@]12[C@@H]([C@@H]1COC(C)(C)O1)O[C@@H]1OC(C)(C)O[C@@H]12. The molecule has 5 rings (SSSR count). The molecule has 6 atom stereocenters. The predicted octanol–water partition coefficient (Wildman–Crippen LogP) is 2.83. The molecule has 2 spiro atoms. The monoisotopic (exact) mass is 453 g/mol.